The Bertz CT molecular complexity index is 586. The van der Waals surface area contributed by atoms with Gasteiger partial charge in [0.2, 0.25) is 15.9 Å². The molecular weight excluding hydrogens is 316 g/mol. The molecule has 0 saturated heterocycles. The summed E-state index contributed by atoms with van der Waals surface area (Å²) < 4.78 is 33.4. The van der Waals surface area contributed by atoms with Crippen LogP contribution in [-0.4, -0.2) is 33.2 Å². The summed E-state index contributed by atoms with van der Waals surface area (Å²) in [6.45, 7) is 0.536. The molecule has 21 heavy (non-hydrogen) atoms. The van der Waals surface area contributed by atoms with E-state index in [2.05, 4.69) is 4.98 Å². The fraction of sp³-hybridized carbons (Fsp3) is 0.615. The summed E-state index contributed by atoms with van der Waals surface area (Å²) in [5, 5.41) is 4.85. The number of methoxy groups -OCH3 is 1. The summed E-state index contributed by atoms with van der Waals surface area (Å²) in [5.74, 6) is 0.760. The van der Waals surface area contributed by atoms with E-state index in [0.29, 0.717) is 24.5 Å². The lowest BCUT2D eigenvalue weighted by Gasteiger charge is -2.27. The minimum absolute atomic E-state index is 0.168. The second kappa shape index (κ2) is 6.91. The van der Waals surface area contributed by atoms with Crippen LogP contribution in [0.3, 0.4) is 0 Å². The lowest BCUT2D eigenvalue weighted by Crippen LogP contribution is -2.24. The molecule has 2 N–H and O–H groups in total. The van der Waals surface area contributed by atoms with E-state index in [9.17, 15) is 8.42 Å². The highest BCUT2D eigenvalue weighted by Crippen LogP contribution is 2.27. The predicted molar refractivity (Wildman–Crippen MR) is 78.9 cm³/mol. The lowest BCUT2D eigenvalue weighted by atomic mass is 9.88. The number of hydrogen-bond acceptors (Lipinski definition) is 5. The van der Waals surface area contributed by atoms with E-state index >= 15 is 0 Å². The van der Waals surface area contributed by atoms with Crippen molar-refractivity contribution >= 4 is 21.6 Å². The Balaban J connectivity index is 1.91. The van der Waals surface area contributed by atoms with E-state index in [0.717, 1.165) is 25.7 Å². The molecule has 2 rings (SSSR count). The fourth-order valence-electron chi connectivity index (χ4n) is 2.43. The number of pyridine rings is 1. The number of hydrogen-bond donors (Lipinski definition) is 1. The first-order chi connectivity index (χ1) is 9.90. The highest BCUT2D eigenvalue weighted by atomic mass is 35.5. The molecule has 0 unspecified atom stereocenters. The standard InChI is InChI=1S/C13H19ClN2O4S/c1-19-10-4-2-9(3-5-10)8-20-12-7-6-11(13(14)16-12)21(15,17)18/h6-7,9-10H,2-5,8H2,1H3,(H2,15,17,18)/t9-,10-. The highest BCUT2D eigenvalue weighted by molar-refractivity contribution is 7.89. The molecule has 1 aliphatic carbocycles. The van der Waals surface area contributed by atoms with E-state index in [-0.39, 0.29) is 10.0 Å². The Labute approximate surface area is 129 Å². The van der Waals surface area contributed by atoms with Crippen LogP contribution in [-0.2, 0) is 14.8 Å². The number of ether oxygens (including phenoxy) is 2. The molecule has 0 atom stereocenters. The van der Waals surface area contributed by atoms with Crippen molar-refractivity contribution in [3.05, 3.63) is 17.3 Å². The van der Waals surface area contributed by atoms with Gasteiger partial charge in [-0.05, 0) is 37.7 Å². The first-order valence-electron chi connectivity index (χ1n) is 6.75. The molecule has 1 heterocycles. The average molecular weight is 335 g/mol. The van der Waals surface area contributed by atoms with Crippen molar-refractivity contribution in [2.24, 2.45) is 11.1 Å². The molecule has 0 aromatic carbocycles. The van der Waals surface area contributed by atoms with Gasteiger partial charge in [0.1, 0.15) is 4.90 Å². The van der Waals surface area contributed by atoms with Crippen molar-refractivity contribution < 1.29 is 17.9 Å². The zero-order valence-corrected chi connectivity index (χ0v) is 13.4. The zero-order valence-electron chi connectivity index (χ0n) is 11.8. The smallest absolute Gasteiger partial charge is 0.241 e. The van der Waals surface area contributed by atoms with Crippen LogP contribution in [0.1, 0.15) is 25.7 Å². The number of aromatic nitrogens is 1. The molecule has 6 nitrogen and oxygen atoms in total. The van der Waals surface area contributed by atoms with E-state index < -0.39 is 10.0 Å². The van der Waals surface area contributed by atoms with E-state index in [1.165, 1.54) is 12.1 Å². The van der Waals surface area contributed by atoms with Crippen molar-refractivity contribution in [3.63, 3.8) is 0 Å². The van der Waals surface area contributed by atoms with E-state index in [1.807, 2.05) is 0 Å². The Morgan fingerprint density at radius 1 is 1.33 bits per heavy atom. The van der Waals surface area contributed by atoms with Gasteiger partial charge in [0.15, 0.2) is 5.15 Å². The van der Waals surface area contributed by atoms with Crippen molar-refractivity contribution in [1.82, 2.24) is 4.98 Å². The maximum absolute atomic E-state index is 11.2. The molecule has 0 radical (unpaired) electrons. The molecule has 0 bridgehead atoms. The van der Waals surface area contributed by atoms with Crippen molar-refractivity contribution in [2.45, 2.75) is 36.7 Å². The minimum Gasteiger partial charge on any atom is -0.477 e. The van der Waals surface area contributed by atoms with Gasteiger partial charge in [-0.2, -0.15) is 0 Å². The molecule has 1 fully saturated rings. The van der Waals surface area contributed by atoms with Crippen molar-refractivity contribution in [1.29, 1.82) is 0 Å². The van der Waals surface area contributed by atoms with E-state index in [1.54, 1.807) is 7.11 Å². The monoisotopic (exact) mass is 334 g/mol. The topological polar surface area (TPSA) is 91.5 Å². The largest absolute Gasteiger partial charge is 0.477 e. The van der Waals surface area contributed by atoms with Crippen LogP contribution in [0.2, 0.25) is 5.15 Å². The van der Waals surface area contributed by atoms with Crippen molar-refractivity contribution in [2.75, 3.05) is 13.7 Å². The number of primary sulfonamides is 1. The average Bonchev–Trinajstić information content (AvgIpc) is 2.44. The van der Waals surface area contributed by atoms with Gasteiger partial charge < -0.3 is 9.47 Å². The molecule has 1 aliphatic rings. The summed E-state index contributed by atoms with van der Waals surface area (Å²) in [7, 11) is -2.12. The Hall–Kier alpha value is -0.890. The second-order valence-electron chi connectivity index (χ2n) is 5.17. The summed E-state index contributed by atoms with van der Waals surface area (Å²) >= 11 is 5.81. The normalized spacial score (nSPS) is 23.0. The Kier molecular flexibility index (Phi) is 5.43. The van der Waals surface area contributed by atoms with Gasteiger partial charge in [-0.15, -0.1) is 0 Å². The van der Waals surface area contributed by atoms with Crippen LogP contribution in [0.5, 0.6) is 5.88 Å². The third kappa shape index (κ3) is 4.54. The summed E-state index contributed by atoms with van der Waals surface area (Å²) in [6, 6.07) is 2.77. The van der Waals surface area contributed by atoms with Gasteiger partial charge in [-0.3, -0.25) is 0 Å². The molecule has 1 aromatic heterocycles. The summed E-state index contributed by atoms with van der Waals surface area (Å²) in [6.07, 6.45) is 4.50. The van der Waals surface area contributed by atoms with Gasteiger partial charge in [-0.1, -0.05) is 11.6 Å². The Morgan fingerprint density at radius 3 is 2.52 bits per heavy atom. The van der Waals surface area contributed by atoms with Crippen LogP contribution in [0.4, 0.5) is 0 Å². The fourth-order valence-corrected chi connectivity index (χ4v) is 3.44. The van der Waals surface area contributed by atoms with Crippen LogP contribution in [0.25, 0.3) is 0 Å². The maximum Gasteiger partial charge on any atom is 0.241 e. The van der Waals surface area contributed by atoms with E-state index in [4.69, 9.17) is 26.2 Å². The van der Waals surface area contributed by atoms with Crippen molar-refractivity contribution in [3.8, 4) is 5.88 Å². The van der Waals surface area contributed by atoms with Gasteiger partial charge >= 0.3 is 0 Å². The zero-order chi connectivity index (χ0) is 15.5. The number of halogens is 1. The number of nitrogens with two attached hydrogens (primary N) is 1. The van der Waals surface area contributed by atoms with Gasteiger partial charge in [0.25, 0.3) is 0 Å². The van der Waals surface area contributed by atoms with Crippen LogP contribution < -0.4 is 9.88 Å². The van der Waals surface area contributed by atoms with Gasteiger partial charge in [0.05, 0.1) is 12.7 Å². The van der Waals surface area contributed by atoms with Crippen LogP contribution >= 0.6 is 11.6 Å². The lowest BCUT2D eigenvalue weighted by molar-refractivity contribution is 0.0478. The van der Waals surface area contributed by atoms with Crippen LogP contribution in [0, 0.1) is 5.92 Å². The Morgan fingerprint density at radius 2 is 2.00 bits per heavy atom. The maximum atomic E-state index is 11.2. The quantitative estimate of drug-likeness (QED) is 0.831. The molecule has 0 spiro atoms. The molecular formula is C13H19ClN2O4S. The SMILES string of the molecule is CO[C@H]1CC[C@H](COc2ccc(S(N)(=O)=O)c(Cl)n2)CC1. The number of rotatable bonds is 5. The highest BCUT2D eigenvalue weighted by Gasteiger charge is 2.21. The second-order valence-corrected chi connectivity index (χ2v) is 7.06. The predicted octanol–water partition coefficient (Wildman–Crippen LogP) is 1.97. The number of nitrogens with zero attached hydrogens (tertiary/aromatic N) is 1. The first-order valence-corrected chi connectivity index (χ1v) is 8.67. The number of sulfonamides is 1. The molecule has 1 saturated carbocycles. The molecule has 0 amide bonds. The summed E-state index contributed by atoms with van der Waals surface area (Å²) in [4.78, 5) is 3.72. The minimum atomic E-state index is -3.86. The third-order valence-corrected chi connectivity index (χ3v) is 5.03. The molecule has 0 aliphatic heterocycles. The molecule has 8 heteroatoms. The van der Waals surface area contributed by atoms with Gasteiger partial charge in [-0.25, -0.2) is 18.5 Å². The molecule has 118 valence electrons. The first kappa shape index (κ1) is 16.5. The van der Waals surface area contributed by atoms with Gasteiger partial charge in [0, 0.05) is 13.2 Å². The molecule has 1 aromatic rings. The summed E-state index contributed by atoms with van der Waals surface area (Å²) in [5.41, 5.74) is 0. The third-order valence-electron chi connectivity index (χ3n) is 3.69. The van der Waals surface area contributed by atoms with Crippen LogP contribution in [0.15, 0.2) is 17.0 Å².